The lowest BCUT2D eigenvalue weighted by Crippen LogP contribution is -2.24. The SMILES string of the molecule is CC(=O)Oc1c(Cl)nc(Cc2ccc(NC(=O)c3ccc4ccccc4c3)cc2)nc1N1CCC(O)C1. The molecule has 2 heterocycles. The third-order valence-electron chi connectivity index (χ3n) is 6.15. The number of β-amino-alcohol motifs (C(OH)–C–C–N with tert-alkyl or cyclic N) is 1. The Morgan fingerprint density at radius 3 is 2.54 bits per heavy atom. The molecule has 8 nitrogen and oxygen atoms in total. The van der Waals surface area contributed by atoms with Crippen molar-refractivity contribution in [2.45, 2.75) is 25.9 Å². The minimum Gasteiger partial charge on any atom is -0.419 e. The van der Waals surface area contributed by atoms with E-state index in [9.17, 15) is 14.7 Å². The number of rotatable bonds is 6. The fourth-order valence-electron chi connectivity index (χ4n) is 4.34. The van der Waals surface area contributed by atoms with Gasteiger partial charge in [-0.15, -0.1) is 0 Å². The number of aliphatic hydroxyl groups excluding tert-OH is 1. The fourth-order valence-corrected chi connectivity index (χ4v) is 4.56. The number of aromatic nitrogens is 2. The van der Waals surface area contributed by atoms with E-state index >= 15 is 0 Å². The summed E-state index contributed by atoms with van der Waals surface area (Å²) in [5.74, 6) is 0.220. The van der Waals surface area contributed by atoms with Gasteiger partial charge >= 0.3 is 5.97 Å². The number of hydrogen-bond donors (Lipinski definition) is 2. The van der Waals surface area contributed by atoms with Gasteiger partial charge in [-0.2, -0.15) is 0 Å². The highest BCUT2D eigenvalue weighted by molar-refractivity contribution is 6.31. The first-order valence-electron chi connectivity index (χ1n) is 11.9. The number of carbonyl (C=O) groups excluding carboxylic acids is 2. The van der Waals surface area contributed by atoms with Gasteiger partial charge in [0.05, 0.1) is 6.10 Å². The van der Waals surface area contributed by atoms with Crippen LogP contribution >= 0.6 is 11.6 Å². The highest BCUT2D eigenvalue weighted by atomic mass is 35.5. The molecule has 1 aliphatic heterocycles. The third kappa shape index (κ3) is 5.71. The molecule has 5 rings (SSSR count). The van der Waals surface area contributed by atoms with E-state index in [4.69, 9.17) is 16.3 Å². The number of hydrogen-bond acceptors (Lipinski definition) is 7. The standard InChI is InChI=1S/C28H25ClN4O4/c1-17(34)37-25-26(29)31-24(32-27(25)33-13-12-23(35)16-33)14-18-6-10-22(11-7-18)30-28(36)21-9-8-19-4-2-3-5-20(19)15-21/h2-11,15,23,35H,12-14,16H2,1H3,(H,30,36). The van der Waals surface area contributed by atoms with Crippen LogP contribution in [0.5, 0.6) is 5.75 Å². The van der Waals surface area contributed by atoms with E-state index in [1.54, 1.807) is 0 Å². The number of esters is 1. The number of fused-ring (bicyclic) bond motifs is 1. The molecule has 1 amide bonds. The zero-order valence-electron chi connectivity index (χ0n) is 20.1. The molecule has 9 heteroatoms. The van der Waals surface area contributed by atoms with Crippen molar-refractivity contribution < 1.29 is 19.4 Å². The van der Waals surface area contributed by atoms with Gasteiger partial charge < -0.3 is 20.1 Å². The predicted octanol–water partition coefficient (Wildman–Crippen LogP) is 4.62. The molecule has 2 N–H and O–H groups in total. The molecule has 1 saturated heterocycles. The number of nitrogens with zero attached hydrogens (tertiary/aromatic N) is 3. The van der Waals surface area contributed by atoms with Crippen LogP contribution in [-0.4, -0.2) is 46.1 Å². The highest BCUT2D eigenvalue weighted by Crippen LogP contribution is 2.35. The maximum absolute atomic E-state index is 12.8. The molecule has 0 saturated carbocycles. The summed E-state index contributed by atoms with van der Waals surface area (Å²) >= 11 is 6.37. The first-order chi connectivity index (χ1) is 17.9. The molecule has 4 aromatic rings. The van der Waals surface area contributed by atoms with Gasteiger partial charge in [0, 0.05) is 37.7 Å². The number of anilines is 2. The van der Waals surface area contributed by atoms with E-state index in [0.717, 1.165) is 16.3 Å². The summed E-state index contributed by atoms with van der Waals surface area (Å²) in [6, 6.07) is 20.9. The van der Waals surface area contributed by atoms with Crippen LogP contribution in [0.15, 0.2) is 66.7 Å². The largest absolute Gasteiger partial charge is 0.419 e. The zero-order chi connectivity index (χ0) is 25.9. The summed E-state index contributed by atoms with van der Waals surface area (Å²) in [5.41, 5.74) is 2.16. The maximum Gasteiger partial charge on any atom is 0.308 e. The number of benzene rings is 3. The van der Waals surface area contributed by atoms with Crippen molar-refractivity contribution in [3.05, 3.63) is 88.8 Å². The molecular formula is C28H25ClN4O4. The molecule has 1 unspecified atom stereocenters. The molecular weight excluding hydrogens is 492 g/mol. The number of ether oxygens (including phenoxy) is 1. The summed E-state index contributed by atoms with van der Waals surface area (Å²) in [5, 5.41) is 15.0. The van der Waals surface area contributed by atoms with E-state index in [2.05, 4.69) is 15.3 Å². The van der Waals surface area contributed by atoms with Crippen LogP contribution in [0.25, 0.3) is 10.8 Å². The van der Waals surface area contributed by atoms with Gasteiger partial charge in [0.25, 0.3) is 5.91 Å². The van der Waals surface area contributed by atoms with Gasteiger partial charge in [-0.25, -0.2) is 9.97 Å². The van der Waals surface area contributed by atoms with Crippen molar-refractivity contribution in [2.24, 2.45) is 0 Å². The first-order valence-corrected chi connectivity index (χ1v) is 12.3. The molecule has 0 aliphatic carbocycles. The third-order valence-corrected chi connectivity index (χ3v) is 6.40. The first kappa shape index (κ1) is 24.7. The Labute approximate surface area is 218 Å². The number of aliphatic hydroxyl groups is 1. The Kier molecular flexibility index (Phi) is 7.03. The fraction of sp³-hybridized carbons (Fsp3) is 0.214. The molecule has 3 aromatic carbocycles. The lowest BCUT2D eigenvalue weighted by Gasteiger charge is -2.20. The van der Waals surface area contributed by atoms with E-state index in [0.29, 0.717) is 48.8 Å². The Hall–Kier alpha value is -4.01. The Balaban J connectivity index is 1.31. The monoisotopic (exact) mass is 516 g/mol. The van der Waals surface area contributed by atoms with Gasteiger partial charge in [0.1, 0.15) is 5.82 Å². The van der Waals surface area contributed by atoms with Crippen LogP contribution in [0.1, 0.15) is 35.1 Å². The van der Waals surface area contributed by atoms with Crippen molar-refractivity contribution in [2.75, 3.05) is 23.3 Å². The molecule has 1 fully saturated rings. The number of carbonyl (C=O) groups is 2. The topological polar surface area (TPSA) is 105 Å². The summed E-state index contributed by atoms with van der Waals surface area (Å²) in [7, 11) is 0. The summed E-state index contributed by atoms with van der Waals surface area (Å²) in [6.45, 7) is 2.22. The van der Waals surface area contributed by atoms with Crippen LogP contribution < -0.4 is 15.0 Å². The molecule has 0 radical (unpaired) electrons. The van der Waals surface area contributed by atoms with Crippen molar-refractivity contribution in [1.29, 1.82) is 0 Å². The molecule has 37 heavy (non-hydrogen) atoms. The molecule has 0 bridgehead atoms. The quantitative estimate of drug-likeness (QED) is 0.284. The normalized spacial score (nSPS) is 15.1. The molecule has 1 aliphatic rings. The van der Waals surface area contributed by atoms with Crippen LogP contribution in [0.3, 0.4) is 0 Å². The van der Waals surface area contributed by atoms with Crippen molar-refractivity contribution in [1.82, 2.24) is 9.97 Å². The Morgan fingerprint density at radius 1 is 1.08 bits per heavy atom. The van der Waals surface area contributed by atoms with Crippen LogP contribution in [-0.2, 0) is 11.2 Å². The van der Waals surface area contributed by atoms with Crippen molar-refractivity contribution in [3.63, 3.8) is 0 Å². The maximum atomic E-state index is 12.8. The lowest BCUT2D eigenvalue weighted by atomic mass is 10.1. The van der Waals surface area contributed by atoms with Gasteiger partial charge in [-0.3, -0.25) is 9.59 Å². The van der Waals surface area contributed by atoms with Crippen LogP contribution in [0, 0.1) is 0 Å². The van der Waals surface area contributed by atoms with Gasteiger partial charge in [0.15, 0.2) is 11.0 Å². The molecule has 1 aromatic heterocycles. The minimum atomic E-state index is -0.527. The Morgan fingerprint density at radius 2 is 1.84 bits per heavy atom. The van der Waals surface area contributed by atoms with Crippen LogP contribution in [0.2, 0.25) is 5.15 Å². The van der Waals surface area contributed by atoms with E-state index in [1.807, 2.05) is 71.6 Å². The Bertz CT molecular complexity index is 1480. The molecule has 188 valence electrons. The number of nitrogens with one attached hydrogen (secondary N) is 1. The van der Waals surface area contributed by atoms with Crippen molar-refractivity contribution >= 4 is 45.8 Å². The summed E-state index contributed by atoms with van der Waals surface area (Å²) in [6.07, 6.45) is 0.477. The average molecular weight is 517 g/mol. The summed E-state index contributed by atoms with van der Waals surface area (Å²) < 4.78 is 5.28. The lowest BCUT2D eigenvalue weighted by molar-refractivity contribution is -0.131. The molecule has 0 spiro atoms. The number of halogens is 1. The van der Waals surface area contributed by atoms with Gasteiger partial charge in [-0.1, -0.05) is 54.1 Å². The van der Waals surface area contributed by atoms with Crippen LogP contribution in [0.4, 0.5) is 11.5 Å². The number of amides is 1. The van der Waals surface area contributed by atoms with E-state index in [1.165, 1.54) is 6.92 Å². The average Bonchev–Trinajstić information content (AvgIpc) is 3.32. The second-order valence-corrected chi connectivity index (χ2v) is 9.31. The second kappa shape index (κ2) is 10.5. The second-order valence-electron chi connectivity index (χ2n) is 8.96. The highest BCUT2D eigenvalue weighted by Gasteiger charge is 2.27. The predicted molar refractivity (Wildman–Crippen MR) is 142 cm³/mol. The van der Waals surface area contributed by atoms with E-state index < -0.39 is 12.1 Å². The van der Waals surface area contributed by atoms with Crippen molar-refractivity contribution in [3.8, 4) is 5.75 Å². The van der Waals surface area contributed by atoms with Gasteiger partial charge in [-0.05, 0) is 47.0 Å². The smallest absolute Gasteiger partial charge is 0.308 e. The minimum absolute atomic E-state index is 0.0378. The zero-order valence-corrected chi connectivity index (χ0v) is 20.9. The van der Waals surface area contributed by atoms with E-state index in [-0.39, 0.29) is 16.8 Å². The van der Waals surface area contributed by atoms with Gasteiger partial charge in [0.2, 0.25) is 5.75 Å². The molecule has 1 atom stereocenters. The summed E-state index contributed by atoms with van der Waals surface area (Å²) in [4.78, 5) is 35.1.